The van der Waals surface area contributed by atoms with E-state index < -0.39 is 0 Å². The summed E-state index contributed by atoms with van der Waals surface area (Å²) < 4.78 is 0. The van der Waals surface area contributed by atoms with Crippen molar-refractivity contribution in [1.29, 1.82) is 0 Å². The molecule has 0 bridgehead atoms. The van der Waals surface area contributed by atoms with Gasteiger partial charge in [0.05, 0.1) is 5.70 Å². The molecule has 1 heteroatoms. The minimum absolute atomic E-state index is 1.19. The molecule has 1 heterocycles. The minimum atomic E-state index is 1.19. The van der Waals surface area contributed by atoms with Crippen molar-refractivity contribution in [2.45, 2.75) is 0 Å². The molecule has 0 radical (unpaired) electrons. The van der Waals surface area contributed by atoms with Crippen LogP contribution in [0.5, 0.6) is 0 Å². The van der Waals surface area contributed by atoms with E-state index in [-0.39, 0.29) is 0 Å². The number of rotatable bonds is 0. The molecule has 0 atom stereocenters. The molecule has 72 valence electrons. The van der Waals surface area contributed by atoms with Crippen LogP contribution in [0.15, 0.2) is 60.3 Å². The Labute approximate surface area is 88.4 Å². The summed E-state index contributed by atoms with van der Waals surface area (Å²) >= 11 is 0. The van der Waals surface area contributed by atoms with Crippen molar-refractivity contribution in [3.8, 4) is 0 Å². The molecular weight excluding hydrogens is 182 g/mol. The van der Waals surface area contributed by atoms with Crippen molar-refractivity contribution in [2.24, 2.45) is 0 Å². The highest BCUT2D eigenvalue weighted by atomic mass is 14.9. The fourth-order valence-corrected chi connectivity index (χ4v) is 1.95. The summed E-state index contributed by atoms with van der Waals surface area (Å²) in [6, 6.07) is 8.42. The van der Waals surface area contributed by atoms with Crippen LogP contribution in [-0.2, 0) is 0 Å². The van der Waals surface area contributed by atoms with Crippen molar-refractivity contribution >= 4 is 11.8 Å². The van der Waals surface area contributed by atoms with Gasteiger partial charge in [-0.1, -0.05) is 48.6 Å². The molecule has 1 aliphatic heterocycles. The highest BCUT2D eigenvalue weighted by molar-refractivity contribution is 5.72. The van der Waals surface area contributed by atoms with Crippen molar-refractivity contribution in [3.05, 3.63) is 70.8 Å². The molecule has 0 aromatic heterocycles. The predicted octanol–water partition coefficient (Wildman–Crippen LogP) is 1.19. The molecule has 1 aromatic rings. The Balaban J connectivity index is 2.45. The van der Waals surface area contributed by atoms with E-state index in [0.29, 0.717) is 0 Å². The summed E-state index contributed by atoms with van der Waals surface area (Å²) in [5.74, 6) is 0. The van der Waals surface area contributed by atoms with Gasteiger partial charge in [0, 0.05) is 11.4 Å². The zero-order chi connectivity index (χ0) is 10.1. The van der Waals surface area contributed by atoms with Gasteiger partial charge in [0.25, 0.3) is 0 Å². The van der Waals surface area contributed by atoms with E-state index in [1.165, 1.54) is 21.7 Å². The van der Waals surface area contributed by atoms with Crippen LogP contribution >= 0.6 is 0 Å². The zero-order valence-corrected chi connectivity index (χ0v) is 8.27. The Kier molecular flexibility index (Phi) is 1.82. The van der Waals surface area contributed by atoms with Crippen LogP contribution in [0, 0.1) is 0 Å². The third-order valence-electron chi connectivity index (χ3n) is 2.67. The summed E-state index contributed by atoms with van der Waals surface area (Å²) in [6.45, 7) is 0. The molecule has 0 amide bonds. The van der Waals surface area contributed by atoms with Crippen LogP contribution in [-0.4, -0.2) is 0 Å². The van der Waals surface area contributed by atoms with E-state index in [0.717, 1.165) is 0 Å². The van der Waals surface area contributed by atoms with Crippen molar-refractivity contribution in [1.82, 2.24) is 5.32 Å². The second kappa shape index (κ2) is 3.28. The van der Waals surface area contributed by atoms with Gasteiger partial charge in [-0.05, 0) is 16.9 Å². The zero-order valence-electron chi connectivity index (χ0n) is 8.27. The minimum Gasteiger partial charge on any atom is -0.361 e. The number of allylic oxidation sites excluding steroid dienone is 3. The molecule has 0 unspecified atom stereocenters. The molecule has 1 N–H and O–H groups in total. The first kappa shape index (κ1) is 8.30. The smallest absolute Gasteiger partial charge is 0.0533 e. The third-order valence-corrected chi connectivity index (χ3v) is 2.67. The second-order valence-electron chi connectivity index (χ2n) is 3.61. The summed E-state index contributed by atoms with van der Waals surface area (Å²) in [5.41, 5.74) is 2.43. The molecule has 0 fully saturated rings. The molecule has 0 saturated heterocycles. The lowest BCUT2D eigenvalue weighted by Gasteiger charge is -2.11. The Hall–Kier alpha value is -2.02. The van der Waals surface area contributed by atoms with Gasteiger partial charge in [-0.25, -0.2) is 0 Å². The number of hydrogen-bond acceptors (Lipinski definition) is 1. The van der Waals surface area contributed by atoms with Crippen LogP contribution in [0.4, 0.5) is 0 Å². The van der Waals surface area contributed by atoms with E-state index in [1.54, 1.807) is 0 Å². The first-order valence-corrected chi connectivity index (χ1v) is 5.07. The Morgan fingerprint density at radius 3 is 2.87 bits per heavy atom. The summed E-state index contributed by atoms with van der Waals surface area (Å²) in [5, 5.41) is 5.84. The average Bonchev–Trinajstić information content (AvgIpc) is 2.48. The summed E-state index contributed by atoms with van der Waals surface area (Å²) in [7, 11) is 0. The van der Waals surface area contributed by atoms with Crippen molar-refractivity contribution in [3.63, 3.8) is 0 Å². The van der Waals surface area contributed by atoms with E-state index in [1.807, 2.05) is 12.3 Å². The first-order valence-electron chi connectivity index (χ1n) is 5.07. The number of fused-ring (bicyclic) bond motifs is 2. The number of benzene rings is 1. The predicted molar refractivity (Wildman–Crippen MR) is 63.1 cm³/mol. The molecule has 1 aliphatic carbocycles. The highest BCUT2D eigenvalue weighted by Gasteiger charge is 2.06. The van der Waals surface area contributed by atoms with Gasteiger partial charge in [0.2, 0.25) is 0 Å². The second-order valence-corrected chi connectivity index (χ2v) is 3.61. The van der Waals surface area contributed by atoms with Crippen LogP contribution in [0.2, 0.25) is 0 Å². The number of hydrogen-bond donors (Lipinski definition) is 1. The van der Waals surface area contributed by atoms with Crippen molar-refractivity contribution in [2.75, 3.05) is 0 Å². The first-order chi connectivity index (χ1) is 7.45. The molecular formula is C14H11N. The average molecular weight is 193 g/mol. The Bertz CT molecular complexity index is 600. The third kappa shape index (κ3) is 1.33. The van der Waals surface area contributed by atoms with Gasteiger partial charge in [0.15, 0.2) is 0 Å². The van der Waals surface area contributed by atoms with Gasteiger partial charge < -0.3 is 5.32 Å². The quantitative estimate of drug-likeness (QED) is 0.652. The van der Waals surface area contributed by atoms with Crippen LogP contribution < -0.4 is 15.8 Å². The van der Waals surface area contributed by atoms with Crippen LogP contribution in [0.25, 0.3) is 11.8 Å². The van der Waals surface area contributed by atoms with Gasteiger partial charge in [-0.2, -0.15) is 0 Å². The fourth-order valence-electron chi connectivity index (χ4n) is 1.95. The maximum absolute atomic E-state index is 3.31. The van der Waals surface area contributed by atoms with E-state index in [2.05, 4.69) is 53.9 Å². The lowest BCUT2D eigenvalue weighted by Crippen LogP contribution is -2.30. The maximum Gasteiger partial charge on any atom is 0.0533 e. The van der Waals surface area contributed by atoms with E-state index in [9.17, 15) is 0 Å². The van der Waals surface area contributed by atoms with Crippen LogP contribution in [0.3, 0.4) is 0 Å². The standard InChI is InChI=1S/C14H11N/c1-2-9-13-11(5-1)6-3-7-12-8-4-10-15-14(12)13/h1-10,15H. The monoisotopic (exact) mass is 193 g/mol. The maximum atomic E-state index is 3.31. The molecule has 0 spiro atoms. The van der Waals surface area contributed by atoms with Crippen molar-refractivity contribution < 1.29 is 0 Å². The normalized spacial score (nSPS) is 16.8. The molecule has 1 nitrogen and oxygen atoms in total. The van der Waals surface area contributed by atoms with Gasteiger partial charge in [0.1, 0.15) is 0 Å². The molecule has 1 aromatic carbocycles. The Morgan fingerprint density at radius 1 is 0.933 bits per heavy atom. The topological polar surface area (TPSA) is 12.0 Å². The van der Waals surface area contributed by atoms with Crippen LogP contribution in [0.1, 0.15) is 0 Å². The SMILES string of the molecule is C1=CNC2=c3ccccc3=CC=CC2=C1. The number of dihydropyridines is 1. The van der Waals surface area contributed by atoms with E-state index >= 15 is 0 Å². The molecule has 15 heavy (non-hydrogen) atoms. The lowest BCUT2D eigenvalue weighted by atomic mass is 10.1. The fraction of sp³-hybridized carbons (Fsp3) is 0. The summed E-state index contributed by atoms with van der Waals surface area (Å²) in [6.07, 6.45) is 12.5. The van der Waals surface area contributed by atoms with Gasteiger partial charge in [-0.15, -0.1) is 0 Å². The van der Waals surface area contributed by atoms with E-state index in [4.69, 9.17) is 0 Å². The summed E-state index contributed by atoms with van der Waals surface area (Å²) in [4.78, 5) is 0. The molecule has 0 saturated carbocycles. The molecule has 2 aliphatic rings. The number of nitrogens with one attached hydrogen (secondary N) is 1. The van der Waals surface area contributed by atoms with Gasteiger partial charge >= 0.3 is 0 Å². The largest absolute Gasteiger partial charge is 0.361 e. The Morgan fingerprint density at radius 2 is 1.87 bits per heavy atom. The highest BCUT2D eigenvalue weighted by Crippen LogP contribution is 2.13. The molecule has 3 rings (SSSR count). The lowest BCUT2D eigenvalue weighted by molar-refractivity contribution is 1.17. The van der Waals surface area contributed by atoms with Gasteiger partial charge in [-0.3, -0.25) is 0 Å².